The number of methoxy groups -OCH3 is 2. The summed E-state index contributed by atoms with van der Waals surface area (Å²) in [6.45, 7) is 3.20. The number of rotatable bonds is 8. The number of carbonyl (C=O) groups excluding carboxylic acids is 3. The molecule has 3 rings (SSSR count). The number of hydrogen-bond donors (Lipinski definition) is 1. The van der Waals surface area contributed by atoms with Crippen molar-refractivity contribution in [1.82, 2.24) is 9.88 Å². The van der Waals surface area contributed by atoms with Crippen LogP contribution in [0.5, 0.6) is 11.5 Å². The van der Waals surface area contributed by atoms with E-state index in [4.69, 9.17) is 14.2 Å². The van der Waals surface area contributed by atoms with Crippen LogP contribution in [0.25, 0.3) is 0 Å². The first-order valence-corrected chi connectivity index (χ1v) is 11.2. The Labute approximate surface area is 190 Å². The number of aromatic nitrogens is 1. The Bertz CT molecular complexity index is 946. The first-order valence-electron chi connectivity index (χ1n) is 10.4. The van der Waals surface area contributed by atoms with Gasteiger partial charge in [-0.15, -0.1) is 11.3 Å². The van der Waals surface area contributed by atoms with Gasteiger partial charge in [-0.2, -0.15) is 0 Å². The van der Waals surface area contributed by atoms with Gasteiger partial charge >= 0.3 is 5.97 Å². The van der Waals surface area contributed by atoms with Crippen LogP contribution in [0.4, 0.5) is 5.13 Å². The molecule has 1 N–H and O–H groups in total. The van der Waals surface area contributed by atoms with Gasteiger partial charge in [0.1, 0.15) is 11.5 Å². The van der Waals surface area contributed by atoms with Gasteiger partial charge in [-0.1, -0.05) is 0 Å². The third kappa shape index (κ3) is 5.97. The van der Waals surface area contributed by atoms with Crippen molar-refractivity contribution in [3.8, 4) is 11.5 Å². The normalized spacial score (nSPS) is 14.0. The molecule has 0 aliphatic carbocycles. The minimum absolute atomic E-state index is 0.0481. The number of amides is 2. The van der Waals surface area contributed by atoms with E-state index < -0.39 is 0 Å². The molecule has 1 aliphatic heterocycles. The zero-order valence-electron chi connectivity index (χ0n) is 18.4. The SMILES string of the molecule is CCOC(=O)C1CCN(C(=O)Cc2csc(NC(=O)c3cc(OC)cc(OC)c3)n2)CC1. The molecule has 9 nitrogen and oxygen atoms in total. The number of thiazole rings is 1. The van der Waals surface area contributed by atoms with Gasteiger partial charge in [0.15, 0.2) is 5.13 Å². The number of benzene rings is 1. The van der Waals surface area contributed by atoms with Gasteiger partial charge in [0.2, 0.25) is 5.91 Å². The van der Waals surface area contributed by atoms with Crippen LogP contribution in [0.3, 0.4) is 0 Å². The summed E-state index contributed by atoms with van der Waals surface area (Å²) in [5, 5.41) is 4.90. The van der Waals surface area contributed by atoms with E-state index in [1.807, 2.05) is 0 Å². The quantitative estimate of drug-likeness (QED) is 0.603. The van der Waals surface area contributed by atoms with Gasteiger partial charge < -0.3 is 19.1 Å². The third-order valence-corrected chi connectivity index (χ3v) is 5.99. The Balaban J connectivity index is 1.54. The molecule has 1 aromatic heterocycles. The van der Waals surface area contributed by atoms with Crippen molar-refractivity contribution >= 4 is 34.3 Å². The monoisotopic (exact) mass is 461 g/mol. The van der Waals surface area contributed by atoms with Crippen molar-refractivity contribution in [2.75, 3.05) is 39.2 Å². The topological polar surface area (TPSA) is 107 Å². The first-order chi connectivity index (χ1) is 15.4. The third-order valence-electron chi connectivity index (χ3n) is 5.19. The van der Waals surface area contributed by atoms with Gasteiger partial charge in [0.25, 0.3) is 5.91 Å². The second-order valence-electron chi connectivity index (χ2n) is 7.28. The Kier molecular flexibility index (Phi) is 8.04. The van der Waals surface area contributed by atoms with Crippen LogP contribution in [-0.4, -0.2) is 61.6 Å². The van der Waals surface area contributed by atoms with Crippen LogP contribution in [-0.2, 0) is 20.7 Å². The molecule has 0 radical (unpaired) electrons. The van der Waals surface area contributed by atoms with E-state index in [1.165, 1.54) is 25.6 Å². The summed E-state index contributed by atoms with van der Waals surface area (Å²) in [6.07, 6.45) is 1.35. The highest BCUT2D eigenvalue weighted by Crippen LogP contribution is 2.24. The fourth-order valence-corrected chi connectivity index (χ4v) is 4.15. The summed E-state index contributed by atoms with van der Waals surface area (Å²) in [4.78, 5) is 43.2. The van der Waals surface area contributed by atoms with Crippen molar-refractivity contribution in [2.24, 2.45) is 5.92 Å². The summed E-state index contributed by atoms with van der Waals surface area (Å²) < 4.78 is 15.5. The molecular formula is C22H27N3O6S. The smallest absolute Gasteiger partial charge is 0.309 e. The largest absolute Gasteiger partial charge is 0.497 e. The van der Waals surface area contributed by atoms with E-state index in [-0.39, 0.29) is 30.1 Å². The number of esters is 1. The van der Waals surface area contributed by atoms with Crippen molar-refractivity contribution in [1.29, 1.82) is 0 Å². The summed E-state index contributed by atoms with van der Waals surface area (Å²) >= 11 is 1.25. The maximum Gasteiger partial charge on any atom is 0.309 e. The molecule has 0 unspecified atom stereocenters. The van der Waals surface area contributed by atoms with Gasteiger partial charge in [0.05, 0.1) is 38.9 Å². The van der Waals surface area contributed by atoms with Gasteiger partial charge in [0, 0.05) is 30.1 Å². The summed E-state index contributed by atoms with van der Waals surface area (Å²) in [7, 11) is 3.03. The molecule has 0 atom stereocenters. The predicted octanol–water partition coefficient (Wildman–Crippen LogP) is 2.76. The minimum Gasteiger partial charge on any atom is -0.497 e. The number of ether oxygens (including phenoxy) is 3. The zero-order valence-corrected chi connectivity index (χ0v) is 19.2. The molecule has 1 aromatic carbocycles. The number of nitrogens with one attached hydrogen (secondary N) is 1. The Hall–Kier alpha value is -3.14. The highest BCUT2D eigenvalue weighted by atomic mass is 32.1. The molecule has 1 saturated heterocycles. The number of piperidine rings is 1. The second-order valence-corrected chi connectivity index (χ2v) is 8.14. The maximum atomic E-state index is 12.6. The zero-order chi connectivity index (χ0) is 23.1. The molecule has 1 fully saturated rings. The van der Waals surface area contributed by atoms with Crippen LogP contribution in [0.2, 0.25) is 0 Å². The molecule has 0 spiro atoms. The number of nitrogens with zero attached hydrogens (tertiary/aromatic N) is 2. The van der Waals surface area contributed by atoms with E-state index in [2.05, 4.69) is 10.3 Å². The fourth-order valence-electron chi connectivity index (χ4n) is 3.44. The average Bonchev–Trinajstić information content (AvgIpc) is 3.25. The average molecular weight is 462 g/mol. The molecule has 0 saturated carbocycles. The lowest BCUT2D eigenvalue weighted by molar-refractivity contribution is -0.151. The molecule has 172 valence electrons. The minimum atomic E-state index is -0.351. The van der Waals surface area contributed by atoms with E-state index in [0.29, 0.717) is 60.4 Å². The number of hydrogen-bond acceptors (Lipinski definition) is 8. The van der Waals surface area contributed by atoms with Crippen LogP contribution in [0, 0.1) is 5.92 Å². The molecule has 1 aliphatic rings. The Morgan fingerprint density at radius 3 is 2.38 bits per heavy atom. The standard InChI is InChI=1S/C22H27N3O6S/c1-4-31-21(28)14-5-7-25(8-6-14)19(26)11-16-13-32-22(23-16)24-20(27)15-9-17(29-2)12-18(10-15)30-3/h9-10,12-14H,4-8,11H2,1-3H3,(H,23,24,27). The summed E-state index contributed by atoms with van der Waals surface area (Å²) in [5.41, 5.74) is 0.963. The summed E-state index contributed by atoms with van der Waals surface area (Å²) in [5.74, 6) is 0.283. The van der Waals surface area contributed by atoms with E-state index in [9.17, 15) is 14.4 Å². The van der Waals surface area contributed by atoms with Crippen LogP contribution in [0.15, 0.2) is 23.6 Å². The van der Waals surface area contributed by atoms with Crippen LogP contribution < -0.4 is 14.8 Å². The fraction of sp³-hybridized carbons (Fsp3) is 0.455. The van der Waals surface area contributed by atoms with Gasteiger partial charge in [-0.25, -0.2) is 4.98 Å². The van der Waals surface area contributed by atoms with E-state index >= 15 is 0 Å². The lowest BCUT2D eigenvalue weighted by Crippen LogP contribution is -2.41. The molecule has 32 heavy (non-hydrogen) atoms. The molecule has 2 heterocycles. The van der Waals surface area contributed by atoms with E-state index in [1.54, 1.807) is 35.4 Å². The Morgan fingerprint density at radius 1 is 1.12 bits per heavy atom. The Morgan fingerprint density at radius 2 is 1.78 bits per heavy atom. The van der Waals surface area contributed by atoms with Crippen molar-refractivity contribution in [2.45, 2.75) is 26.2 Å². The van der Waals surface area contributed by atoms with Crippen LogP contribution >= 0.6 is 11.3 Å². The maximum absolute atomic E-state index is 12.6. The number of anilines is 1. The molecule has 2 amide bonds. The van der Waals surface area contributed by atoms with Crippen molar-refractivity contribution < 1.29 is 28.6 Å². The lowest BCUT2D eigenvalue weighted by Gasteiger charge is -2.30. The molecular weight excluding hydrogens is 434 g/mol. The number of carbonyl (C=O) groups is 3. The van der Waals surface area contributed by atoms with Crippen LogP contribution in [0.1, 0.15) is 35.8 Å². The highest BCUT2D eigenvalue weighted by molar-refractivity contribution is 7.14. The molecule has 10 heteroatoms. The summed E-state index contributed by atoms with van der Waals surface area (Å²) in [6, 6.07) is 4.89. The van der Waals surface area contributed by atoms with Gasteiger partial charge in [-0.05, 0) is 31.9 Å². The van der Waals surface area contributed by atoms with Crippen molar-refractivity contribution in [3.05, 3.63) is 34.8 Å². The number of likely N-dealkylation sites (tertiary alicyclic amines) is 1. The van der Waals surface area contributed by atoms with E-state index in [0.717, 1.165) is 0 Å². The molecule has 2 aromatic rings. The van der Waals surface area contributed by atoms with Gasteiger partial charge in [-0.3, -0.25) is 19.7 Å². The second kappa shape index (κ2) is 10.9. The lowest BCUT2D eigenvalue weighted by atomic mass is 9.97. The van der Waals surface area contributed by atoms with Crippen molar-refractivity contribution in [3.63, 3.8) is 0 Å². The predicted molar refractivity (Wildman–Crippen MR) is 119 cm³/mol. The molecule has 0 bridgehead atoms. The first kappa shape index (κ1) is 23.5. The highest BCUT2D eigenvalue weighted by Gasteiger charge is 2.28.